The average molecular weight is 487 g/mol. The summed E-state index contributed by atoms with van der Waals surface area (Å²) in [4.78, 5) is 0. The number of hydrogen-bond acceptors (Lipinski definition) is 7. The minimum Gasteiger partial charge on any atom is -0.313 e. The van der Waals surface area contributed by atoms with E-state index in [4.69, 9.17) is 23.2 Å². The van der Waals surface area contributed by atoms with Crippen molar-refractivity contribution in [1.29, 1.82) is 0 Å². The highest BCUT2D eigenvalue weighted by molar-refractivity contribution is 7.88. The van der Waals surface area contributed by atoms with Crippen LogP contribution >= 0.6 is 34.5 Å². The van der Waals surface area contributed by atoms with Crippen LogP contribution in [-0.2, 0) is 16.6 Å². The Morgan fingerprint density at radius 1 is 1.23 bits per heavy atom. The minimum absolute atomic E-state index is 0.0569. The van der Waals surface area contributed by atoms with E-state index in [1.807, 2.05) is 12.3 Å². The second kappa shape index (κ2) is 8.80. The first-order chi connectivity index (χ1) is 14.3. The fraction of sp³-hybridized carbons (Fsp3) is 0.389. The first-order valence-corrected chi connectivity index (χ1v) is 12.7. The zero-order valence-electron chi connectivity index (χ0n) is 16.1. The van der Waals surface area contributed by atoms with Crippen LogP contribution in [0, 0.1) is 0 Å². The van der Waals surface area contributed by atoms with Crippen molar-refractivity contribution in [2.24, 2.45) is 0 Å². The number of nitrogens with one attached hydrogen (secondary N) is 1. The maximum Gasteiger partial charge on any atom is 0.211 e. The van der Waals surface area contributed by atoms with Gasteiger partial charge >= 0.3 is 0 Å². The van der Waals surface area contributed by atoms with Crippen molar-refractivity contribution in [1.82, 2.24) is 24.3 Å². The Hall–Kier alpha value is -1.72. The number of nitrogens with zero attached hydrogens (tertiary/aromatic N) is 5. The zero-order chi connectivity index (χ0) is 21.3. The Labute approximate surface area is 188 Å². The summed E-state index contributed by atoms with van der Waals surface area (Å²) in [6.45, 7) is 1.46. The van der Waals surface area contributed by atoms with Gasteiger partial charge in [0.05, 0.1) is 12.8 Å². The predicted octanol–water partition coefficient (Wildman–Crippen LogP) is 3.97. The van der Waals surface area contributed by atoms with E-state index in [1.54, 1.807) is 22.9 Å². The van der Waals surface area contributed by atoms with Crippen LogP contribution in [0.25, 0.3) is 0 Å². The lowest BCUT2D eigenvalue weighted by Crippen LogP contribution is -2.38. The van der Waals surface area contributed by atoms with E-state index in [-0.39, 0.29) is 5.92 Å². The Balaban J connectivity index is 1.42. The van der Waals surface area contributed by atoms with E-state index in [9.17, 15) is 8.42 Å². The molecule has 1 unspecified atom stereocenters. The molecule has 0 radical (unpaired) electrons. The summed E-state index contributed by atoms with van der Waals surface area (Å²) in [5.41, 5.74) is 0.807. The van der Waals surface area contributed by atoms with Crippen molar-refractivity contribution in [3.63, 3.8) is 0 Å². The summed E-state index contributed by atoms with van der Waals surface area (Å²) in [7, 11) is -3.20. The molecule has 1 N–H and O–H groups in total. The van der Waals surface area contributed by atoms with Crippen LogP contribution in [0.2, 0.25) is 10.0 Å². The molecule has 1 atom stereocenters. The van der Waals surface area contributed by atoms with Crippen molar-refractivity contribution < 1.29 is 8.42 Å². The summed E-state index contributed by atoms with van der Waals surface area (Å²) in [5, 5.41) is 18.7. The summed E-state index contributed by atoms with van der Waals surface area (Å²) < 4.78 is 26.9. The average Bonchev–Trinajstić information content (AvgIpc) is 3.34. The van der Waals surface area contributed by atoms with Gasteiger partial charge in [0, 0.05) is 46.9 Å². The van der Waals surface area contributed by atoms with Gasteiger partial charge in [-0.15, -0.1) is 10.2 Å². The van der Waals surface area contributed by atoms with Crippen LogP contribution in [0.5, 0.6) is 0 Å². The third kappa shape index (κ3) is 4.94. The molecule has 1 fully saturated rings. The molecule has 2 aromatic heterocycles. The Kier molecular flexibility index (Phi) is 6.31. The van der Waals surface area contributed by atoms with Gasteiger partial charge in [-0.05, 0) is 25.0 Å². The number of sulfonamides is 1. The maximum absolute atomic E-state index is 11.8. The Bertz CT molecular complexity index is 1130. The molecule has 12 heteroatoms. The summed E-state index contributed by atoms with van der Waals surface area (Å²) in [6, 6.07) is 7.23. The highest BCUT2D eigenvalue weighted by Gasteiger charge is 2.29. The van der Waals surface area contributed by atoms with Crippen LogP contribution < -0.4 is 5.32 Å². The van der Waals surface area contributed by atoms with Gasteiger partial charge in [0.25, 0.3) is 0 Å². The van der Waals surface area contributed by atoms with Crippen LogP contribution in [0.4, 0.5) is 10.9 Å². The molecule has 3 heterocycles. The highest BCUT2D eigenvalue weighted by atomic mass is 35.5. The molecular weight excluding hydrogens is 467 g/mol. The fourth-order valence-electron chi connectivity index (χ4n) is 3.37. The van der Waals surface area contributed by atoms with Crippen molar-refractivity contribution in [2.75, 3.05) is 24.7 Å². The van der Waals surface area contributed by atoms with E-state index in [0.29, 0.717) is 40.6 Å². The SMILES string of the molecule is CS(=O)(=O)N1CCCC(c2nnc(Nc3ccn(Cc4c(Cl)cccc4Cl)n3)s2)C1. The molecule has 0 saturated carbocycles. The Morgan fingerprint density at radius 2 is 2.00 bits per heavy atom. The van der Waals surface area contributed by atoms with Crippen LogP contribution in [0.3, 0.4) is 0 Å². The normalized spacial score (nSPS) is 17.9. The van der Waals surface area contributed by atoms with Gasteiger partial charge in [0.1, 0.15) is 5.01 Å². The van der Waals surface area contributed by atoms with Crippen LogP contribution in [0.1, 0.15) is 29.3 Å². The van der Waals surface area contributed by atoms with E-state index in [1.165, 1.54) is 21.9 Å². The maximum atomic E-state index is 11.8. The van der Waals surface area contributed by atoms with Gasteiger partial charge in [-0.1, -0.05) is 40.6 Å². The first kappa shape index (κ1) is 21.5. The lowest BCUT2D eigenvalue weighted by atomic mass is 10.0. The molecule has 4 rings (SSSR count). The van der Waals surface area contributed by atoms with Crippen molar-refractivity contribution in [3.05, 3.63) is 51.1 Å². The molecule has 1 aromatic carbocycles. The number of benzene rings is 1. The highest BCUT2D eigenvalue weighted by Crippen LogP contribution is 2.32. The molecule has 160 valence electrons. The Morgan fingerprint density at radius 3 is 2.73 bits per heavy atom. The second-order valence-electron chi connectivity index (χ2n) is 7.13. The quantitative estimate of drug-likeness (QED) is 0.566. The second-order valence-corrected chi connectivity index (χ2v) is 10.9. The van der Waals surface area contributed by atoms with Gasteiger partial charge in [0.2, 0.25) is 15.2 Å². The van der Waals surface area contributed by atoms with Crippen molar-refractivity contribution in [2.45, 2.75) is 25.3 Å². The predicted molar refractivity (Wildman–Crippen MR) is 119 cm³/mol. The van der Waals surface area contributed by atoms with Gasteiger partial charge in [-0.25, -0.2) is 12.7 Å². The van der Waals surface area contributed by atoms with Gasteiger partial charge < -0.3 is 5.32 Å². The number of rotatable bonds is 6. The lowest BCUT2D eigenvalue weighted by molar-refractivity contribution is 0.316. The first-order valence-electron chi connectivity index (χ1n) is 9.31. The van der Waals surface area contributed by atoms with Crippen LogP contribution in [0.15, 0.2) is 30.5 Å². The molecule has 1 aliphatic heterocycles. The third-order valence-electron chi connectivity index (χ3n) is 4.90. The number of piperidine rings is 1. The van der Waals surface area contributed by atoms with E-state index >= 15 is 0 Å². The topological polar surface area (TPSA) is 93.0 Å². The van der Waals surface area contributed by atoms with E-state index in [0.717, 1.165) is 23.4 Å². The fourth-order valence-corrected chi connectivity index (χ4v) is 5.67. The monoisotopic (exact) mass is 486 g/mol. The van der Waals surface area contributed by atoms with E-state index in [2.05, 4.69) is 20.6 Å². The molecular formula is C18H20Cl2N6O2S2. The number of hydrogen-bond donors (Lipinski definition) is 1. The minimum atomic E-state index is -3.20. The molecule has 0 aliphatic carbocycles. The summed E-state index contributed by atoms with van der Waals surface area (Å²) in [5.74, 6) is 0.684. The summed E-state index contributed by atoms with van der Waals surface area (Å²) >= 11 is 13.9. The molecule has 3 aromatic rings. The molecule has 1 aliphatic rings. The van der Waals surface area contributed by atoms with Gasteiger partial charge in [-0.2, -0.15) is 5.10 Å². The van der Waals surface area contributed by atoms with Crippen molar-refractivity contribution >= 4 is 55.5 Å². The third-order valence-corrected chi connectivity index (χ3v) is 7.88. The van der Waals surface area contributed by atoms with Gasteiger partial charge in [-0.3, -0.25) is 4.68 Å². The number of aromatic nitrogens is 4. The summed E-state index contributed by atoms with van der Waals surface area (Å²) in [6.07, 6.45) is 4.78. The smallest absolute Gasteiger partial charge is 0.211 e. The standard InChI is InChI=1S/C18H20Cl2N6O2S2/c1-30(27,28)26-8-3-4-12(10-26)17-22-23-18(29-17)21-16-7-9-25(24-16)11-13-14(19)5-2-6-15(13)20/h2,5-7,9,12H,3-4,8,10-11H2,1H3,(H,21,23,24). The van der Waals surface area contributed by atoms with Crippen LogP contribution in [-0.4, -0.2) is 52.0 Å². The largest absolute Gasteiger partial charge is 0.313 e. The molecule has 0 bridgehead atoms. The molecule has 8 nitrogen and oxygen atoms in total. The molecule has 0 spiro atoms. The zero-order valence-corrected chi connectivity index (χ0v) is 19.3. The lowest BCUT2D eigenvalue weighted by Gasteiger charge is -2.29. The number of halogens is 2. The molecule has 30 heavy (non-hydrogen) atoms. The van der Waals surface area contributed by atoms with E-state index < -0.39 is 10.0 Å². The molecule has 0 amide bonds. The molecule has 1 saturated heterocycles. The number of anilines is 2. The van der Waals surface area contributed by atoms with Crippen molar-refractivity contribution in [3.8, 4) is 0 Å². The van der Waals surface area contributed by atoms with Gasteiger partial charge in [0.15, 0.2) is 5.82 Å².